The number of nitrogens with two attached hydrogens (primary N) is 1. The van der Waals surface area contributed by atoms with E-state index in [0.717, 1.165) is 0 Å². The molecule has 0 aromatic carbocycles. The lowest BCUT2D eigenvalue weighted by atomic mass is 10.5. The summed E-state index contributed by atoms with van der Waals surface area (Å²) in [5.74, 6) is -0.745. The Bertz CT molecular complexity index is 73.4. The number of aliphatic carboxylic acids is 1. The highest BCUT2D eigenvalue weighted by Crippen LogP contribution is 1.67. The summed E-state index contributed by atoms with van der Waals surface area (Å²) in [6.07, 6.45) is 0.222. The number of rotatable bonds is 3. The summed E-state index contributed by atoms with van der Waals surface area (Å²) in [5.41, 5.74) is 5.01. The molecule has 4 heteroatoms. The van der Waals surface area contributed by atoms with Crippen LogP contribution in [-0.4, -0.2) is 31.3 Å². The summed E-state index contributed by atoms with van der Waals surface area (Å²) in [4.78, 5) is 9.37. The van der Waals surface area contributed by atoms with E-state index in [-0.39, 0.29) is 6.42 Å². The first-order valence-corrected chi connectivity index (χ1v) is 3.09. The Kier molecular flexibility index (Phi) is 13.6. The summed E-state index contributed by atoms with van der Waals surface area (Å²) in [6.45, 7) is 2.89. The van der Waals surface area contributed by atoms with Gasteiger partial charge >= 0.3 is 5.97 Å². The summed E-state index contributed by atoms with van der Waals surface area (Å²) in [6, 6.07) is 0. The maximum atomic E-state index is 9.37. The molecule has 0 saturated carbocycles. The minimum Gasteiger partial charge on any atom is -0.481 e. The topological polar surface area (TPSA) is 72.5 Å². The van der Waals surface area contributed by atoms with Crippen LogP contribution in [0.3, 0.4) is 0 Å². The molecule has 3 N–H and O–H groups in total. The molecule has 0 aromatic rings. The van der Waals surface area contributed by atoms with Crippen LogP contribution in [-0.2, 0) is 9.53 Å². The molecule has 0 aliphatic carbocycles. The van der Waals surface area contributed by atoms with Crippen LogP contribution in [0, 0.1) is 0 Å². The lowest BCUT2D eigenvalue weighted by Crippen LogP contribution is -2.05. The van der Waals surface area contributed by atoms with Crippen LogP contribution >= 0.6 is 0 Å². The number of methoxy groups -OCH3 is 1. The van der Waals surface area contributed by atoms with Crippen LogP contribution in [0.4, 0.5) is 0 Å². The number of hydrogen-bond donors (Lipinski definition) is 2. The SMILES string of the molecule is CCC(=O)O.COCCN. The van der Waals surface area contributed by atoms with E-state index in [4.69, 9.17) is 10.8 Å². The van der Waals surface area contributed by atoms with E-state index < -0.39 is 5.97 Å². The van der Waals surface area contributed by atoms with Crippen molar-refractivity contribution in [3.05, 3.63) is 0 Å². The molecular weight excluding hydrogens is 134 g/mol. The lowest BCUT2D eigenvalue weighted by molar-refractivity contribution is -0.136. The largest absolute Gasteiger partial charge is 0.481 e. The first kappa shape index (κ1) is 12.1. The van der Waals surface area contributed by atoms with Gasteiger partial charge in [-0.15, -0.1) is 0 Å². The zero-order valence-electron chi connectivity index (χ0n) is 6.46. The highest BCUT2D eigenvalue weighted by atomic mass is 16.5. The van der Waals surface area contributed by atoms with E-state index >= 15 is 0 Å². The van der Waals surface area contributed by atoms with Gasteiger partial charge in [-0.3, -0.25) is 4.79 Å². The molecule has 0 aliphatic rings. The molecular formula is C6H15NO3. The second-order valence-corrected chi connectivity index (χ2v) is 1.53. The number of carboxylic acid groups (broad SMARTS) is 1. The molecule has 0 aromatic heterocycles. The molecule has 0 fully saturated rings. The van der Waals surface area contributed by atoms with Crippen LogP contribution < -0.4 is 5.73 Å². The van der Waals surface area contributed by atoms with Crippen molar-refractivity contribution in [3.63, 3.8) is 0 Å². The van der Waals surface area contributed by atoms with Gasteiger partial charge in [-0.25, -0.2) is 0 Å². The van der Waals surface area contributed by atoms with Gasteiger partial charge in [-0.05, 0) is 0 Å². The quantitative estimate of drug-likeness (QED) is 0.595. The average molecular weight is 149 g/mol. The number of ether oxygens (including phenoxy) is 1. The third kappa shape index (κ3) is 26.3. The first-order chi connectivity index (χ1) is 4.68. The van der Waals surface area contributed by atoms with Gasteiger partial charge < -0.3 is 15.6 Å². The van der Waals surface area contributed by atoms with Gasteiger partial charge in [0.05, 0.1) is 6.61 Å². The van der Waals surface area contributed by atoms with Crippen LogP contribution in [0.25, 0.3) is 0 Å². The van der Waals surface area contributed by atoms with Crippen molar-refractivity contribution in [2.45, 2.75) is 13.3 Å². The number of hydrogen-bond acceptors (Lipinski definition) is 3. The molecule has 0 amide bonds. The second-order valence-electron chi connectivity index (χ2n) is 1.53. The van der Waals surface area contributed by atoms with Crippen molar-refractivity contribution in [2.75, 3.05) is 20.3 Å². The summed E-state index contributed by atoms with van der Waals surface area (Å²) >= 11 is 0. The molecule has 62 valence electrons. The third-order valence-corrected chi connectivity index (χ3v) is 0.624. The van der Waals surface area contributed by atoms with Crippen molar-refractivity contribution in [2.24, 2.45) is 5.73 Å². The van der Waals surface area contributed by atoms with E-state index in [1.807, 2.05) is 0 Å². The Morgan fingerprint density at radius 2 is 2.10 bits per heavy atom. The number of carboxylic acids is 1. The second kappa shape index (κ2) is 11.2. The predicted molar refractivity (Wildman–Crippen MR) is 38.9 cm³/mol. The van der Waals surface area contributed by atoms with Gasteiger partial charge in [-0.1, -0.05) is 6.92 Å². The molecule has 0 aliphatic heterocycles. The first-order valence-electron chi connectivity index (χ1n) is 3.09. The fourth-order valence-electron chi connectivity index (χ4n) is 0.118. The highest BCUT2D eigenvalue weighted by molar-refractivity contribution is 5.66. The highest BCUT2D eigenvalue weighted by Gasteiger charge is 1.80. The molecule has 0 rings (SSSR count). The smallest absolute Gasteiger partial charge is 0.303 e. The van der Waals surface area contributed by atoms with E-state index in [0.29, 0.717) is 13.2 Å². The third-order valence-electron chi connectivity index (χ3n) is 0.624. The summed E-state index contributed by atoms with van der Waals surface area (Å²) in [7, 11) is 1.63. The minimum atomic E-state index is -0.745. The fourth-order valence-corrected chi connectivity index (χ4v) is 0.118. The maximum Gasteiger partial charge on any atom is 0.303 e. The molecule has 0 saturated heterocycles. The van der Waals surface area contributed by atoms with Crippen molar-refractivity contribution >= 4 is 5.97 Å². The van der Waals surface area contributed by atoms with E-state index in [1.165, 1.54) is 0 Å². The maximum absolute atomic E-state index is 9.37. The molecule has 0 bridgehead atoms. The van der Waals surface area contributed by atoms with Gasteiger partial charge in [0.15, 0.2) is 0 Å². The fraction of sp³-hybridized carbons (Fsp3) is 0.833. The lowest BCUT2D eigenvalue weighted by Gasteiger charge is -1.85. The van der Waals surface area contributed by atoms with Crippen molar-refractivity contribution in [1.29, 1.82) is 0 Å². The molecule has 0 unspecified atom stereocenters. The van der Waals surface area contributed by atoms with Crippen LogP contribution in [0.5, 0.6) is 0 Å². The molecule has 10 heavy (non-hydrogen) atoms. The van der Waals surface area contributed by atoms with Gasteiger partial charge in [-0.2, -0.15) is 0 Å². The van der Waals surface area contributed by atoms with Gasteiger partial charge in [0, 0.05) is 20.1 Å². The minimum absolute atomic E-state index is 0.222. The molecule has 0 radical (unpaired) electrons. The van der Waals surface area contributed by atoms with E-state index in [2.05, 4.69) is 4.74 Å². The van der Waals surface area contributed by atoms with Crippen molar-refractivity contribution in [1.82, 2.24) is 0 Å². The molecule has 0 heterocycles. The Morgan fingerprint density at radius 3 is 2.10 bits per heavy atom. The van der Waals surface area contributed by atoms with E-state index in [9.17, 15) is 4.79 Å². The Labute approximate surface area is 61.0 Å². The Hall–Kier alpha value is -0.610. The summed E-state index contributed by atoms with van der Waals surface area (Å²) in [5, 5.41) is 7.72. The summed E-state index contributed by atoms with van der Waals surface area (Å²) < 4.78 is 4.57. The van der Waals surface area contributed by atoms with Crippen molar-refractivity contribution < 1.29 is 14.6 Å². The number of carbonyl (C=O) groups is 1. The molecule has 4 nitrogen and oxygen atoms in total. The molecule has 0 atom stereocenters. The van der Waals surface area contributed by atoms with E-state index in [1.54, 1.807) is 14.0 Å². The normalized spacial score (nSPS) is 7.90. The standard InChI is InChI=1S/C3H9NO.C3H6O2/c1-5-3-2-4;1-2-3(4)5/h2-4H2,1H3;2H2,1H3,(H,4,5). The van der Waals surface area contributed by atoms with Gasteiger partial charge in [0.2, 0.25) is 0 Å². The molecule has 0 spiro atoms. The Morgan fingerprint density at radius 1 is 1.70 bits per heavy atom. The average Bonchev–Trinajstić information content (AvgIpc) is 1.91. The van der Waals surface area contributed by atoms with Crippen molar-refractivity contribution in [3.8, 4) is 0 Å². The van der Waals surface area contributed by atoms with Crippen LogP contribution in [0.2, 0.25) is 0 Å². The van der Waals surface area contributed by atoms with Crippen LogP contribution in [0.15, 0.2) is 0 Å². The zero-order chi connectivity index (χ0) is 8.41. The van der Waals surface area contributed by atoms with Crippen LogP contribution in [0.1, 0.15) is 13.3 Å². The van der Waals surface area contributed by atoms with Gasteiger partial charge in [0.25, 0.3) is 0 Å². The predicted octanol–water partition coefficient (Wildman–Crippen LogP) is 0.0725. The monoisotopic (exact) mass is 149 g/mol. The van der Waals surface area contributed by atoms with Gasteiger partial charge in [0.1, 0.15) is 0 Å². The zero-order valence-corrected chi connectivity index (χ0v) is 6.46. The Balaban J connectivity index is 0.